The normalized spacial score (nSPS) is 33.2. The summed E-state index contributed by atoms with van der Waals surface area (Å²) in [5.74, 6) is 0.972. The Morgan fingerprint density at radius 2 is 1.83 bits per heavy atom. The molecule has 0 aromatic rings. The Morgan fingerprint density at radius 3 is 2.33 bits per heavy atom. The van der Waals surface area contributed by atoms with Gasteiger partial charge < -0.3 is 5.32 Å². The predicted molar refractivity (Wildman–Crippen MR) is 54.3 cm³/mol. The second kappa shape index (κ2) is 4.86. The van der Waals surface area contributed by atoms with Gasteiger partial charge in [-0.1, -0.05) is 13.8 Å². The minimum Gasteiger partial charge on any atom is -0.312 e. The smallest absolute Gasteiger partial charge is 0.00697 e. The third-order valence-corrected chi connectivity index (χ3v) is 3.15. The van der Waals surface area contributed by atoms with Crippen molar-refractivity contribution in [2.45, 2.75) is 65.0 Å². The lowest BCUT2D eigenvalue weighted by molar-refractivity contribution is 0.288. The van der Waals surface area contributed by atoms with E-state index in [1.165, 1.54) is 32.1 Å². The second-order valence-corrected chi connectivity index (χ2v) is 4.43. The average Bonchev–Trinajstić information content (AvgIpc) is 2.09. The van der Waals surface area contributed by atoms with E-state index in [-0.39, 0.29) is 0 Å². The summed E-state index contributed by atoms with van der Waals surface area (Å²) in [6, 6.07) is 1.53. The molecular formula is C11H23N. The Labute approximate surface area is 76.9 Å². The molecule has 1 heteroatoms. The zero-order valence-corrected chi connectivity index (χ0v) is 8.77. The topological polar surface area (TPSA) is 12.0 Å². The molecule has 0 aliphatic heterocycles. The van der Waals surface area contributed by atoms with Crippen molar-refractivity contribution in [1.82, 2.24) is 5.32 Å². The van der Waals surface area contributed by atoms with Crippen LogP contribution in [0.4, 0.5) is 0 Å². The molecule has 0 saturated heterocycles. The van der Waals surface area contributed by atoms with E-state index >= 15 is 0 Å². The first-order valence-corrected chi connectivity index (χ1v) is 5.48. The Balaban J connectivity index is 2.17. The van der Waals surface area contributed by atoms with Gasteiger partial charge in [0.2, 0.25) is 0 Å². The molecule has 1 N–H and O–H groups in total. The maximum absolute atomic E-state index is 3.69. The average molecular weight is 169 g/mol. The van der Waals surface area contributed by atoms with Crippen LogP contribution in [-0.4, -0.2) is 12.1 Å². The summed E-state index contributed by atoms with van der Waals surface area (Å²) < 4.78 is 0. The summed E-state index contributed by atoms with van der Waals surface area (Å²) in [5, 5.41) is 3.69. The number of hydrogen-bond acceptors (Lipinski definition) is 1. The molecular weight excluding hydrogens is 146 g/mol. The van der Waals surface area contributed by atoms with E-state index in [0.29, 0.717) is 6.04 Å². The summed E-state index contributed by atoms with van der Waals surface area (Å²) in [7, 11) is 0. The molecule has 0 aromatic carbocycles. The molecule has 1 saturated carbocycles. The number of rotatable bonds is 3. The van der Waals surface area contributed by atoms with E-state index in [4.69, 9.17) is 0 Å². The van der Waals surface area contributed by atoms with Gasteiger partial charge in [0.1, 0.15) is 0 Å². The Morgan fingerprint density at radius 1 is 1.25 bits per heavy atom. The summed E-state index contributed by atoms with van der Waals surface area (Å²) in [6.07, 6.45) is 6.89. The van der Waals surface area contributed by atoms with Crippen LogP contribution in [0.3, 0.4) is 0 Å². The van der Waals surface area contributed by atoms with Gasteiger partial charge in [-0.2, -0.15) is 0 Å². The Bertz CT molecular complexity index is 114. The summed E-state index contributed by atoms with van der Waals surface area (Å²) in [6.45, 7) is 6.92. The molecule has 0 radical (unpaired) electrons. The van der Waals surface area contributed by atoms with Crippen molar-refractivity contribution in [3.05, 3.63) is 0 Å². The Kier molecular flexibility index (Phi) is 4.07. The van der Waals surface area contributed by atoms with Gasteiger partial charge in [-0.15, -0.1) is 0 Å². The largest absolute Gasteiger partial charge is 0.312 e. The van der Waals surface area contributed by atoms with Crippen LogP contribution in [0.1, 0.15) is 52.9 Å². The maximum Gasteiger partial charge on any atom is 0.00697 e. The molecule has 1 atom stereocenters. The summed E-state index contributed by atoms with van der Waals surface area (Å²) in [5.41, 5.74) is 0. The molecule has 0 amide bonds. The standard InChI is InChI=1S/C11H23N/c1-4-10(3)12-11-7-5-9(2)6-8-11/h9-12H,4-8H2,1-3H3. The highest BCUT2D eigenvalue weighted by Crippen LogP contribution is 2.23. The van der Waals surface area contributed by atoms with E-state index in [0.717, 1.165) is 12.0 Å². The molecule has 1 rings (SSSR count). The quantitative estimate of drug-likeness (QED) is 0.685. The van der Waals surface area contributed by atoms with Gasteiger partial charge in [-0.05, 0) is 44.9 Å². The van der Waals surface area contributed by atoms with Crippen LogP contribution in [0.25, 0.3) is 0 Å². The molecule has 1 unspecified atom stereocenters. The van der Waals surface area contributed by atoms with Crippen molar-refractivity contribution in [2.75, 3.05) is 0 Å². The molecule has 0 heterocycles. The molecule has 1 aliphatic rings. The van der Waals surface area contributed by atoms with Crippen molar-refractivity contribution >= 4 is 0 Å². The molecule has 72 valence electrons. The molecule has 1 fully saturated rings. The molecule has 0 spiro atoms. The van der Waals surface area contributed by atoms with E-state index in [9.17, 15) is 0 Å². The molecule has 0 aromatic heterocycles. The van der Waals surface area contributed by atoms with Crippen LogP contribution in [0, 0.1) is 5.92 Å². The predicted octanol–water partition coefficient (Wildman–Crippen LogP) is 2.95. The zero-order valence-electron chi connectivity index (χ0n) is 8.77. The first-order valence-electron chi connectivity index (χ1n) is 5.48. The van der Waals surface area contributed by atoms with Crippen LogP contribution < -0.4 is 5.32 Å². The number of hydrogen-bond donors (Lipinski definition) is 1. The Hall–Kier alpha value is -0.0400. The molecule has 1 aliphatic carbocycles. The van der Waals surface area contributed by atoms with Gasteiger partial charge in [0.15, 0.2) is 0 Å². The van der Waals surface area contributed by atoms with Crippen molar-refractivity contribution in [3.8, 4) is 0 Å². The lowest BCUT2D eigenvalue weighted by atomic mass is 9.87. The fraction of sp³-hybridized carbons (Fsp3) is 1.00. The van der Waals surface area contributed by atoms with Crippen molar-refractivity contribution in [2.24, 2.45) is 5.92 Å². The highest BCUT2D eigenvalue weighted by Gasteiger charge is 2.18. The maximum atomic E-state index is 3.69. The fourth-order valence-corrected chi connectivity index (χ4v) is 1.95. The van der Waals surface area contributed by atoms with Gasteiger partial charge >= 0.3 is 0 Å². The monoisotopic (exact) mass is 169 g/mol. The minimum absolute atomic E-state index is 0.711. The van der Waals surface area contributed by atoms with Gasteiger partial charge in [0, 0.05) is 12.1 Å². The van der Waals surface area contributed by atoms with Gasteiger partial charge in [0.25, 0.3) is 0 Å². The van der Waals surface area contributed by atoms with Crippen LogP contribution in [0.2, 0.25) is 0 Å². The van der Waals surface area contributed by atoms with E-state index in [1.807, 2.05) is 0 Å². The third kappa shape index (κ3) is 3.14. The highest BCUT2D eigenvalue weighted by atomic mass is 14.9. The van der Waals surface area contributed by atoms with Crippen molar-refractivity contribution in [1.29, 1.82) is 0 Å². The molecule has 12 heavy (non-hydrogen) atoms. The van der Waals surface area contributed by atoms with Gasteiger partial charge in [-0.25, -0.2) is 0 Å². The lowest BCUT2D eigenvalue weighted by Crippen LogP contribution is -2.38. The highest BCUT2D eigenvalue weighted by molar-refractivity contribution is 4.77. The first-order chi connectivity index (χ1) is 5.72. The van der Waals surface area contributed by atoms with Crippen molar-refractivity contribution < 1.29 is 0 Å². The summed E-state index contributed by atoms with van der Waals surface area (Å²) in [4.78, 5) is 0. The number of nitrogens with one attached hydrogen (secondary N) is 1. The molecule has 0 bridgehead atoms. The molecule has 1 nitrogen and oxygen atoms in total. The second-order valence-electron chi connectivity index (χ2n) is 4.43. The SMILES string of the molecule is CCC(C)NC1CCC(C)CC1. The lowest BCUT2D eigenvalue weighted by Gasteiger charge is -2.29. The van der Waals surface area contributed by atoms with Gasteiger partial charge in [-0.3, -0.25) is 0 Å². The van der Waals surface area contributed by atoms with Gasteiger partial charge in [0.05, 0.1) is 0 Å². The van der Waals surface area contributed by atoms with Crippen molar-refractivity contribution in [3.63, 3.8) is 0 Å². The first kappa shape index (κ1) is 10.0. The summed E-state index contributed by atoms with van der Waals surface area (Å²) >= 11 is 0. The zero-order chi connectivity index (χ0) is 8.97. The van der Waals surface area contributed by atoms with Crippen LogP contribution in [0.5, 0.6) is 0 Å². The van der Waals surface area contributed by atoms with E-state index in [2.05, 4.69) is 26.1 Å². The van der Waals surface area contributed by atoms with Crippen LogP contribution in [-0.2, 0) is 0 Å². The minimum atomic E-state index is 0.711. The van der Waals surface area contributed by atoms with Crippen LogP contribution >= 0.6 is 0 Å². The van der Waals surface area contributed by atoms with E-state index < -0.39 is 0 Å². The van der Waals surface area contributed by atoms with Crippen LogP contribution in [0.15, 0.2) is 0 Å². The van der Waals surface area contributed by atoms with E-state index in [1.54, 1.807) is 0 Å². The third-order valence-electron chi connectivity index (χ3n) is 3.15. The fourth-order valence-electron chi connectivity index (χ4n) is 1.95.